The molecule has 1 saturated heterocycles. The van der Waals surface area contributed by atoms with Crippen molar-refractivity contribution in [2.24, 2.45) is 0 Å². The van der Waals surface area contributed by atoms with E-state index in [2.05, 4.69) is 42.2 Å². The molecule has 0 atom stereocenters. The van der Waals surface area contributed by atoms with E-state index >= 15 is 0 Å². The first kappa shape index (κ1) is 27.0. The molecule has 1 amide bonds. The van der Waals surface area contributed by atoms with E-state index in [4.69, 9.17) is 14.5 Å². The maximum absolute atomic E-state index is 13.2. The molecule has 0 bridgehead atoms. The largest absolute Gasteiger partial charge is 0.444 e. The third kappa shape index (κ3) is 5.89. The molecule has 8 heteroatoms. The summed E-state index contributed by atoms with van der Waals surface area (Å²) in [7, 11) is 0. The predicted molar refractivity (Wildman–Crippen MR) is 154 cm³/mol. The molecule has 1 saturated carbocycles. The van der Waals surface area contributed by atoms with Crippen molar-refractivity contribution in [1.82, 2.24) is 14.5 Å². The van der Waals surface area contributed by atoms with Crippen molar-refractivity contribution in [3.8, 4) is 11.1 Å². The van der Waals surface area contributed by atoms with Gasteiger partial charge in [0.15, 0.2) is 0 Å². The van der Waals surface area contributed by atoms with Gasteiger partial charge in [-0.05, 0) is 90.6 Å². The van der Waals surface area contributed by atoms with Crippen molar-refractivity contribution in [2.75, 3.05) is 31.1 Å². The number of amides is 1. The van der Waals surface area contributed by atoms with Crippen LogP contribution in [-0.2, 0) is 9.47 Å². The SMILES string of the molecule is Cc1c(C2CC2)n(C(=O)OC(C)(C)C)c2ncc(-c3ccc(N4CCN(C(=O)OC(C)(C)C)CC4)cc3)cc12. The van der Waals surface area contributed by atoms with Crippen LogP contribution in [0.1, 0.15) is 71.6 Å². The van der Waals surface area contributed by atoms with Crippen LogP contribution in [0.2, 0.25) is 0 Å². The highest BCUT2D eigenvalue weighted by molar-refractivity contribution is 5.93. The molecule has 1 aromatic carbocycles. The first-order chi connectivity index (χ1) is 18.3. The molecule has 0 N–H and O–H groups in total. The lowest BCUT2D eigenvalue weighted by atomic mass is 10.0. The standard InChI is InChI=1S/C31H40N4O4/c1-20-25-18-23(19-32-27(25)35(26(20)22-8-9-22)29(37)39-31(5,6)7)21-10-12-24(13-11-21)33-14-16-34(17-15-33)28(36)38-30(2,3)4/h10-13,18-19,22H,8-9,14-17H2,1-7H3. The predicted octanol–water partition coefficient (Wildman–Crippen LogP) is 6.73. The van der Waals surface area contributed by atoms with Crippen molar-refractivity contribution in [2.45, 2.75) is 78.4 Å². The number of carbonyl (C=O) groups is 2. The van der Waals surface area contributed by atoms with Gasteiger partial charge in [0, 0.05) is 60.6 Å². The van der Waals surface area contributed by atoms with Crippen LogP contribution in [0.25, 0.3) is 22.2 Å². The number of pyridine rings is 1. The quantitative estimate of drug-likeness (QED) is 0.372. The third-order valence-corrected chi connectivity index (χ3v) is 7.14. The van der Waals surface area contributed by atoms with Gasteiger partial charge in [-0.3, -0.25) is 0 Å². The van der Waals surface area contributed by atoms with Gasteiger partial charge in [-0.1, -0.05) is 12.1 Å². The highest BCUT2D eigenvalue weighted by Crippen LogP contribution is 2.45. The van der Waals surface area contributed by atoms with E-state index < -0.39 is 11.2 Å². The van der Waals surface area contributed by atoms with Crippen molar-refractivity contribution >= 4 is 28.9 Å². The third-order valence-electron chi connectivity index (χ3n) is 7.14. The maximum Gasteiger partial charge on any atom is 0.420 e. The fraction of sp³-hybridized carbons (Fsp3) is 0.516. The van der Waals surface area contributed by atoms with E-state index in [-0.39, 0.29) is 12.2 Å². The number of carbonyl (C=O) groups excluding carboxylic acids is 2. The number of hydrogen-bond donors (Lipinski definition) is 0. The summed E-state index contributed by atoms with van der Waals surface area (Å²) < 4.78 is 12.9. The molecular weight excluding hydrogens is 492 g/mol. The molecule has 0 spiro atoms. The lowest BCUT2D eigenvalue weighted by Crippen LogP contribution is -2.50. The number of piperazine rings is 1. The van der Waals surface area contributed by atoms with Gasteiger partial charge in [0.1, 0.15) is 16.8 Å². The summed E-state index contributed by atoms with van der Waals surface area (Å²) in [5.74, 6) is 0.380. The molecule has 8 nitrogen and oxygen atoms in total. The topological polar surface area (TPSA) is 76.9 Å². The van der Waals surface area contributed by atoms with Crippen LogP contribution < -0.4 is 4.90 Å². The molecule has 208 valence electrons. The Hall–Kier alpha value is -3.55. The summed E-state index contributed by atoms with van der Waals surface area (Å²) in [5.41, 5.74) is 4.93. The highest BCUT2D eigenvalue weighted by atomic mass is 16.6. The molecule has 1 aliphatic heterocycles. The minimum absolute atomic E-state index is 0.249. The smallest absolute Gasteiger partial charge is 0.420 e. The maximum atomic E-state index is 13.2. The van der Waals surface area contributed by atoms with Crippen molar-refractivity contribution in [1.29, 1.82) is 0 Å². The van der Waals surface area contributed by atoms with Crippen LogP contribution in [0, 0.1) is 6.92 Å². The second kappa shape index (κ2) is 9.88. The Morgan fingerprint density at radius 2 is 1.44 bits per heavy atom. The Morgan fingerprint density at radius 3 is 2.00 bits per heavy atom. The monoisotopic (exact) mass is 532 g/mol. The number of ether oxygens (including phenoxy) is 2. The van der Waals surface area contributed by atoms with E-state index in [1.165, 1.54) is 0 Å². The number of benzene rings is 1. The summed E-state index contributed by atoms with van der Waals surface area (Å²) in [4.78, 5) is 34.4. The zero-order valence-electron chi connectivity index (χ0n) is 24.2. The average molecular weight is 533 g/mol. The van der Waals surface area contributed by atoms with Crippen LogP contribution in [0.3, 0.4) is 0 Å². The number of anilines is 1. The van der Waals surface area contributed by atoms with Gasteiger partial charge < -0.3 is 19.3 Å². The lowest BCUT2D eigenvalue weighted by Gasteiger charge is -2.36. The molecule has 2 aliphatic rings. The summed E-state index contributed by atoms with van der Waals surface area (Å²) in [6.45, 7) is 16.2. The fourth-order valence-corrected chi connectivity index (χ4v) is 5.17. The summed E-state index contributed by atoms with van der Waals surface area (Å²) in [5, 5.41) is 0.989. The molecule has 0 unspecified atom stereocenters. The zero-order chi connectivity index (χ0) is 28.1. The number of fused-ring (bicyclic) bond motifs is 1. The van der Waals surface area contributed by atoms with Gasteiger partial charge >= 0.3 is 12.2 Å². The minimum atomic E-state index is -0.577. The van der Waals surface area contributed by atoms with Crippen molar-refractivity contribution in [3.05, 3.63) is 47.8 Å². The van der Waals surface area contributed by atoms with E-state index in [1.807, 2.05) is 47.7 Å². The molecule has 39 heavy (non-hydrogen) atoms. The number of hydrogen-bond acceptors (Lipinski definition) is 6. The molecule has 2 aromatic heterocycles. The molecule has 5 rings (SSSR count). The van der Waals surface area contributed by atoms with Crippen LogP contribution in [-0.4, -0.2) is 64.0 Å². The molecule has 3 aromatic rings. The van der Waals surface area contributed by atoms with Gasteiger partial charge in [0.05, 0.1) is 0 Å². The van der Waals surface area contributed by atoms with Gasteiger partial charge in [-0.15, -0.1) is 0 Å². The average Bonchev–Trinajstić information content (AvgIpc) is 3.65. The van der Waals surface area contributed by atoms with E-state index in [9.17, 15) is 9.59 Å². The summed E-state index contributed by atoms with van der Waals surface area (Å²) >= 11 is 0. The van der Waals surface area contributed by atoms with Crippen LogP contribution in [0.4, 0.5) is 15.3 Å². The summed E-state index contributed by atoms with van der Waals surface area (Å²) in [6, 6.07) is 10.6. The van der Waals surface area contributed by atoms with Gasteiger partial charge in [0.25, 0.3) is 0 Å². The second-order valence-electron chi connectivity index (χ2n) is 12.7. The number of nitrogens with zero attached hydrogens (tertiary/aromatic N) is 4. The first-order valence-electron chi connectivity index (χ1n) is 13.9. The molecule has 1 aliphatic carbocycles. The molecular formula is C31H40N4O4. The Morgan fingerprint density at radius 1 is 0.846 bits per heavy atom. The van der Waals surface area contributed by atoms with Crippen LogP contribution in [0.15, 0.2) is 36.5 Å². The normalized spacial score (nSPS) is 16.5. The lowest BCUT2D eigenvalue weighted by molar-refractivity contribution is 0.0240. The molecule has 2 fully saturated rings. The number of aryl methyl sites for hydroxylation is 1. The van der Waals surface area contributed by atoms with Crippen molar-refractivity contribution in [3.63, 3.8) is 0 Å². The van der Waals surface area contributed by atoms with E-state index in [0.717, 1.165) is 59.4 Å². The van der Waals surface area contributed by atoms with E-state index in [0.29, 0.717) is 24.7 Å². The summed E-state index contributed by atoms with van der Waals surface area (Å²) in [6.07, 6.45) is 3.40. The van der Waals surface area contributed by atoms with Gasteiger partial charge in [-0.25, -0.2) is 19.1 Å². The fourth-order valence-electron chi connectivity index (χ4n) is 5.17. The zero-order valence-corrected chi connectivity index (χ0v) is 24.2. The molecule has 3 heterocycles. The molecule has 0 radical (unpaired) electrons. The highest BCUT2D eigenvalue weighted by Gasteiger charge is 2.34. The first-order valence-corrected chi connectivity index (χ1v) is 13.9. The van der Waals surface area contributed by atoms with E-state index in [1.54, 1.807) is 9.47 Å². The van der Waals surface area contributed by atoms with Crippen molar-refractivity contribution < 1.29 is 19.1 Å². The van der Waals surface area contributed by atoms with Crippen LogP contribution >= 0.6 is 0 Å². The Kier molecular flexibility index (Phi) is 6.85. The minimum Gasteiger partial charge on any atom is -0.444 e. The Bertz CT molecular complexity index is 1380. The Balaban J connectivity index is 1.34. The van der Waals surface area contributed by atoms with Crippen LogP contribution in [0.5, 0.6) is 0 Å². The number of aromatic nitrogens is 2. The number of rotatable bonds is 3. The second-order valence-corrected chi connectivity index (χ2v) is 12.7. The Labute approximate surface area is 230 Å². The van der Waals surface area contributed by atoms with Gasteiger partial charge in [-0.2, -0.15) is 0 Å². The van der Waals surface area contributed by atoms with Gasteiger partial charge in [0.2, 0.25) is 0 Å².